The Morgan fingerprint density at radius 1 is 1.09 bits per heavy atom. The molecule has 2 heterocycles. The van der Waals surface area contributed by atoms with E-state index in [0.717, 1.165) is 29.2 Å². The van der Waals surface area contributed by atoms with Crippen LogP contribution in [0.4, 0.5) is 23.2 Å². The van der Waals surface area contributed by atoms with Crippen LogP contribution in [0, 0.1) is 5.82 Å². The minimum absolute atomic E-state index is 0.0283. The zero-order valence-corrected chi connectivity index (χ0v) is 17.9. The Bertz CT molecular complexity index is 1320. The van der Waals surface area contributed by atoms with Crippen molar-refractivity contribution >= 4 is 23.1 Å². The summed E-state index contributed by atoms with van der Waals surface area (Å²) in [6.07, 6.45) is -2.22. The summed E-state index contributed by atoms with van der Waals surface area (Å²) in [5.74, 6) is -4.31. The SMILES string of the molecule is COc1ccc(F)cc1/C(O)=C1\C(=O)C(=O)N(c2cccc(OC(F)(F)F)c2)C1c1cccnc1. The van der Waals surface area contributed by atoms with Gasteiger partial charge < -0.3 is 14.6 Å². The van der Waals surface area contributed by atoms with Gasteiger partial charge in [0.25, 0.3) is 11.7 Å². The molecular formula is C24H16F4N2O5. The van der Waals surface area contributed by atoms with Crippen LogP contribution in [0.2, 0.25) is 0 Å². The summed E-state index contributed by atoms with van der Waals surface area (Å²) >= 11 is 0. The lowest BCUT2D eigenvalue weighted by atomic mass is 9.95. The molecule has 11 heteroatoms. The van der Waals surface area contributed by atoms with Gasteiger partial charge in [-0.15, -0.1) is 13.2 Å². The minimum Gasteiger partial charge on any atom is -0.507 e. The molecule has 1 fully saturated rings. The first-order chi connectivity index (χ1) is 16.6. The average molecular weight is 488 g/mol. The van der Waals surface area contributed by atoms with E-state index in [9.17, 15) is 32.3 Å². The summed E-state index contributed by atoms with van der Waals surface area (Å²) in [5, 5.41) is 11.1. The second-order valence-corrected chi connectivity index (χ2v) is 7.35. The molecule has 0 radical (unpaired) electrons. The number of pyridine rings is 1. The maximum atomic E-state index is 14.0. The number of ether oxygens (including phenoxy) is 2. The Labute approximate surface area is 195 Å². The highest BCUT2D eigenvalue weighted by atomic mass is 19.4. The lowest BCUT2D eigenvalue weighted by Gasteiger charge is -2.25. The van der Waals surface area contributed by atoms with Crippen LogP contribution in [0.1, 0.15) is 17.2 Å². The van der Waals surface area contributed by atoms with Crippen LogP contribution in [-0.2, 0) is 9.59 Å². The highest BCUT2D eigenvalue weighted by Crippen LogP contribution is 2.44. The molecule has 1 atom stereocenters. The van der Waals surface area contributed by atoms with Gasteiger partial charge >= 0.3 is 6.36 Å². The molecule has 1 saturated heterocycles. The maximum absolute atomic E-state index is 14.0. The number of halogens is 4. The molecule has 35 heavy (non-hydrogen) atoms. The zero-order chi connectivity index (χ0) is 25.3. The van der Waals surface area contributed by atoms with Gasteiger partial charge in [-0.3, -0.25) is 19.5 Å². The van der Waals surface area contributed by atoms with E-state index >= 15 is 0 Å². The number of aliphatic hydroxyl groups is 1. The maximum Gasteiger partial charge on any atom is 0.573 e. The average Bonchev–Trinajstić information content (AvgIpc) is 3.08. The van der Waals surface area contributed by atoms with Gasteiger partial charge in [0.1, 0.15) is 23.1 Å². The van der Waals surface area contributed by atoms with E-state index in [4.69, 9.17) is 4.74 Å². The summed E-state index contributed by atoms with van der Waals surface area (Å²) < 4.78 is 61.3. The van der Waals surface area contributed by atoms with Crippen molar-refractivity contribution in [3.63, 3.8) is 0 Å². The third-order valence-corrected chi connectivity index (χ3v) is 5.19. The first kappa shape index (κ1) is 23.7. The Morgan fingerprint density at radius 3 is 2.51 bits per heavy atom. The van der Waals surface area contributed by atoms with Crippen LogP contribution in [0.5, 0.6) is 11.5 Å². The highest BCUT2D eigenvalue weighted by Gasteiger charge is 2.47. The van der Waals surface area contributed by atoms with Gasteiger partial charge in [0, 0.05) is 24.1 Å². The van der Waals surface area contributed by atoms with Gasteiger partial charge in [-0.25, -0.2) is 4.39 Å². The van der Waals surface area contributed by atoms with Crippen LogP contribution >= 0.6 is 0 Å². The van der Waals surface area contributed by atoms with Gasteiger partial charge in [-0.2, -0.15) is 0 Å². The number of hydrogen-bond acceptors (Lipinski definition) is 6. The van der Waals surface area contributed by atoms with Gasteiger partial charge in [0.05, 0.1) is 24.3 Å². The summed E-state index contributed by atoms with van der Waals surface area (Å²) in [7, 11) is 1.27. The van der Waals surface area contributed by atoms with Crippen molar-refractivity contribution in [2.45, 2.75) is 12.4 Å². The number of rotatable bonds is 5. The molecule has 2 aromatic carbocycles. The molecule has 4 rings (SSSR count). The lowest BCUT2D eigenvalue weighted by Crippen LogP contribution is -2.29. The Balaban J connectivity index is 1.93. The Kier molecular flexibility index (Phi) is 6.16. The number of hydrogen-bond donors (Lipinski definition) is 1. The second kappa shape index (κ2) is 9.09. The first-order valence-electron chi connectivity index (χ1n) is 10.0. The molecule has 0 bridgehead atoms. The molecule has 0 aliphatic carbocycles. The standard InChI is InChI=1S/C24H16F4N2O5/c1-34-18-8-7-14(25)10-17(18)21(31)19-20(13-4-3-9-29-12-13)30(23(33)22(19)32)15-5-2-6-16(11-15)35-24(26,27)28/h2-12,20,31H,1H3/b21-19+. The van der Waals surface area contributed by atoms with Crippen LogP contribution in [0.3, 0.4) is 0 Å². The minimum atomic E-state index is -4.98. The van der Waals surface area contributed by atoms with Crippen LogP contribution < -0.4 is 14.4 Å². The second-order valence-electron chi connectivity index (χ2n) is 7.35. The fourth-order valence-electron chi connectivity index (χ4n) is 3.79. The molecule has 180 valence electrons. The van der Waals surface area contributed by atoms with Gasteiger partial charge in [0.15, 0.2) is 0 Å². The predicted molar refractivity (Wildman–Crippen MR) is 115 cm³/mol. The third kappa shape index (κ3) is 4.65. The van der Waals surface area contributed by atoms with Gasteiger partial charge in [-0.05, 0) is 42.0 Å². The number of carbonyl (C=O) groups excluding carboxylic acids is 2. The van der Waals surface area contributed by atoms with E-state index in [1.54, 1.807) is 0 Å². The van der Waals surface area contributed by atoms with Crippen molar-refractivity contribution in [1.29, 1.82) is 0 Å². The molecular weight excluding hydrogens is 472 g/mol. The lowest BCUT2D eigenvalue weighted by molar-refractivity contribution is -0.274. The fourth-order valence-corrected chi connectivity index (χ4v) is 3.79. The Morgan fingerprint density at radius 2 is 1.86 bits per heavy atom. The topological polar surface area (TPSA) is 89.0 Å². The Hall–Kier alpha value is -4.41. The van der Waals surface area contributed by atoms with E-state index in [0.29, 0.717) is 0 Å². The largest absolute Gasteiger partial charge is 0.573 e. The summed E-state index contributed by atoms with van der Waals surface area (Å²) in [6, 6.07) is 9.47. The number of Topliss-reactive ketones (excluding diaryl/α,β-unsaturated/α-hetero) is 1. The van der Waals surface area contributed by atoms with Gasteiger partial charge in [0.2, 0.25) is 0 Å². The molecule has 1 unspecified atom stereocenters. The van der Waals surface area contributed by atoms with Crippen molar-refractivity contribution in [3.8, 4) is 11.5 Å². The summed E-state index contributed by atoms with van der Waals surface area (Å²) in [4.78, 5) is 31.1. The van der Waals surface area contributed by atoms with Crippen LogP contribution in [-0.4, -0.2) is 35.3 Å². The molecule has 0 saturated carbocycles. The molecule has 0 spiro atoms. The first-order valence-corrected chi connectivity index (χ1v) is 10.0. The number of carbonyl (C=O) groups is 2. The number of aromatic nitrogens is 1. The van der Waals surface area contributed by atoms with E-state index in [2.05, 4.69) is 9.72 Å². The normalized spacial score (nSPS) is 17.5. The fraction of sp³-hybridized carbons (Fsp3) is 0.125. The number of ketones is 1. The van der Waals surface area contributed by atoms with E-state index in [-0.39, 0.29) is 22.6 Å². The number of amides is 1. The molecule has 3 aromatic rings. The van der Waals surface area contributed by atoms with Crippen molar-refractivity contribution in [3.05, 3.63) is 89.5 Å². The number of benzene rings is 2. The highest BCUT2D eigenvalue weighted by molar-refractivity contribution is 6.51. The molecule has 1 aliphatic rings. The number of aliphatic hydroxyl groups excluding tert-OH is 1. The number of methoxy groups -OCH3 is 1. The monoisotopic (exact) mass is 488 g/mol. The van der Waals surface area contributed by atoms with Crippen molar-refractivity contribution in [1.82, 2.24) is 4.98 Å². The summed E-state index contributed by atoms with van der Waals surface area (Å²) in [6.45, 7) is 0. The number of nitrogens with zero attached hydrogens (tertiary/aromatic N) is 2. The van der Waals surface area contributed by atoms with E-state index in [1.165, 1.54) is 49.8 Å². The molecule has 7 nitrogen and oxygen atoms in total. The van der Waals surface area contributed by atoms with E-state index < -0.39 is 47.0 Å². The van der Waals surface area contributed by atoms with Crippen molar-refractivity contribution < 1.29 is 41.7 Å². The zero-order valence-electron chi connectivity index (χ0n) is 17.9. The third-order valence-electron chi connectivity index (χ3n) is 5.19. The quantitative estimate of drug-likeness (QED) is 0.241. The molecule has 1 aliphatic heterocycles. The summed E-state index contributed by atoms with van der Waals surface area (Å²) in [5.41, 5.74) is -0.443. The smallest absolute Gasteiger partial charge is 0.507 e. The molecule has 1 N–H and O–H groups in total. The van der Waals surface area contributed by atoms with Crippen LogP contribution in [0.25, 0.3) is 5.76 Å². The molecule has 1 amide bonds. The van der Waals surface area contributed by atoms with Gasteiger partial charge in [-0.1, -0.05) is 12.1 Å². The van der Waals surface area contributed by atoms with Crippen molar-refractivity contribution in [2.75, 3.05) is 12.0 Å². The predicted octanol–water partition coefficient (Wildman–Crippen LogP) is 4.75. The van der Waals surface area contributed by atoms with Crippen LogP contribution in [0.15, 0.2) is 72.6 Å². The number of alkyl halides is 3. The molecule has 1 aromatic heterocycles. The number of anilines is 1. The van der Waals surface area contributed by atoms with E-state index in [1.807, 2.05) is 0 Å². The van der Waals surface area contributed by atoms with Crippen molar-refractivity contribution in [2.24, 2.45) is 0 Å².